The van der Waals surface area contributed by atoms with Gasteiger partial charge < -0.3 is 14.5 Å². The van der Waals surface area contributed by atoms with Gasteiger partial charge in [-0.05, 0) is 23.8 Å². The number of hydrazine groups is 1. The molecule has 0 fully saturated rings. The van der Waals surface area contributed by atoms with Crippen LogP contribution < -0.4 is 20.3 Å². The van der Waals surface area contributed by atoms with Crippen LogP contribution in [0.4, 0.5) is 0 Å². The molecule has 2 heterocycles. The molecule has 3 N–H and O–H groups in total. The SMILES string of the molecule is O=C(Cc1cc(Cl)c2c(c1)OCCO2)NNC(=O)c1c[nH]c2ccccc12. The summed E-state index contributed by atoms with van der Waals surface area (Å²) in [7, 11) is 0. The highest BCUT2D eigenvalue weighted by Gasteiger charge is 2.18. The Morgan fingerprint density at radius 3 is 2.81 bits per heavy atom. The van der Waals surface area contributed by atoms with Crippen LogP contribution in [-0.2, 0) is 11.2 Å². The Kier molecular flexibility index (Phi) is 4.60. The minimum atomic E-state index is -0.402. The molecule has 0 unspecified atom stereocenters. The number of hydrogen-bond donors (Lipinski definition) is 3. The Morgan fingerprint density at radius 1 is 1.11 bits per heavy atom. The summed E-state index contributed by atoms with van der Waals surface area (Å²) in [5, 5.41) is 1.17. The Morgan fingerprint density at radius 2 is 1.93 bits per heavy atom. The summed E-state index contributed by atoms with van der Waals surface area (Å²) in [5.74, 6) is 0.219. The maximum absolute atomic E-state index is 12.3. The molecule has 0 bridgehead atoms. The lowest BCUT2D eigenvalue weighted by Gasteiger charge is -2.20. The molecule has 0 saturated heterocycles. The molecule has 0 radical (unpaired) electrons. The van der Waals surface area contributed by atoms with Gasteiger partial charge in [0, 0.05) is 17.1 Å². The van der Waals surface area contributed by atoms with E-state index >= 15 is 0 Å². The largest absolute Gasteiger partial charge is 0.486 e. The quantitative estimate of drug-likeness (QED) is 0.604. The first-order valence-corrected chi connectivity index (χ1v) is 8.73. The minimum absolute atomic E-state index is 0.0323. The van der Waals surface area contributed by atoms with Crippen LogP contribution in [0.3, 0.4) is 0 Å². The topological polar surface area (TPSA) is 92.4 Å². The predicted octanol–water partition coefficient (Wildman–Crippen LogP) is 2.60. The van der Waals surface area contributed by atoms with Gasteiger partial charge in [-0.3, -0.25) is 20.4 Å². The second-order valence-electron chi connectivity index (χ2n) is 6.03. The molecule has 27 heavy (non-hydrogen) atoms. The number of ether oxygens (including phenoxy) is 2. The number of amides is 2. The van der Waals surface area contributed by atoms with Gasteiger partial charge in [0.1, 0.15) is 13.2 Å². The Bertz CT molecular complexity index is 1030. The van der Waals surface area contributed by atoms with E-state index in [0.29, 0.717) is 40.9 Å². The molecule has 0 aliphatic carbocycles. The van der Waals surface area contributed by atoms with Crippen molar-refractivity contribution < 1.29 is 19.1 Å². The van der Waals surface area contributed by atoms with E-state index in [1.807, 2.05) is 24.3 Å². The number of benzene rings is 2. The molecule has 1 aliphatic heterocycles. The van der Waals surface area contributed by atoms with E-state index in [9.17, 15) is 9.59 Å². The van der Waals surface area contributed by atoms with Crippen LogP contribution in [0, 0.1) is 0 Å². The van der Waals surface area contributed by atoms with E-state index < -0.39 is 5.91 Å². The van der Waals surface area contributed by atoms with Gasteiger partial charge in [-0.2, -0.15) is 0 Å². The van der Waals surface area contributed by atoms with Crippen LogP contribution in [-0.4, -0.2) is 30.0 Å². The number of aromatic nitrogens is 1. The van der Waals surface area contributed by atoms with E-state index in [-0.39, 0.29) is 12.3 Å². The number of fused-ring (bicyclic) bond motifs is 2. The lowest BCUT2D eigenvalue weighted by molar-refractivity contribution is -0.121. The predicted molar refractivity (Wildman–Crippen MR) is 100 cm³/mol. The second-order valence-corrected chi connectivity index (χ2v) is 6.44. The lowest BCUT2D eigenvalue weighted by atomic mass is 10.1. The Labute approximate surface area is 159 Å². The van der Waals surface area contributed by atoms with Crippen molar-refractivity contribution in [3.05, 3.63) is 58.7 Å². The Hall–Kier alpha value is -3.19. The fraction of sp³-hybridized carbons (Fsp3) is 0.158. The molecule has 8 heteroatoms. The highest BCUT2D eigenvalue weighted by Crippen LogP contribution is 2.38. The zero-order valence-electron chi connectivity index (χ0n) is 14.2. The van der Waals surface area contributed by atoms with Crippen molar-refractivity contribution >= 4 is 34.3 Å². The third-order valence-electron chi connectivity index (χ3n) is 4.17. The fourth-order valence-corrected chi connectivity index (χ4v) is 3.24. The molecule has 4 rings (SSSR count). The molecule has 1 aromatic heterocycles. The van der Waals surface area contributed by atoms with Crippen molar-refractivity contribution in [1.82, 2.24) is 15.8 Å². The van der Waals surface area contributed by atoms with Crippen LogP contribution in [0.2, 0.25) is 5.02 Å². The van der Waals surface area contributed by atoms with Crippen LogP contribution in [0.5, 0.6) is 11.5 Å². The standard InChI is InChI=1S/C19H16ClN3O4/c20-14-7-11(8-16-18(14)27-6-5-26-16)9-17(24)22-23-19(25)13-10-21-15-4-2-1-3-12(13)15/h1-4,7-8,10,21H,5-6,9H2,(H,22,24)(H,23,25). The number of hydrogen-bond acceptors (Lipinski definition) is 4. The zero-order valence-corrected chi connectivity index (χ0v) is 14.9. The van der Waals surface area contributed by atoms with Gasteiger partial charge in [-0.25, -0.2) is 0 Å². The number of nitrogens with one attached hydrogen (secondary N) is 3. The summed E-state index contributed by atoms with van der Waals surface area (Å²) in [4.78, 5) is 27.5. The van der Waals surface area contributed by atoms with Gasteiger partial charge in [0.25, 0.3) is 5.91 Å². The van der Waals surface area contributed by atoms with Crippen LogP contribution in [0.1, 0.15) is 15.9 Å². The molecule has 2 amide bonds. The van der Waals surface area contributed by atoms with Crippen molar-refractivity contribution in [3.8, 4) is 11.5 Å². The number of halogens is 1. The van der Waals surface area contributed by atoms with Crippen LogP contribution in [0.15, 0.2) is 42.6 Å². The third-order valence-corrected chi connectivity index (χ3v) is 4.45. The monoisotopic (exact) mass is 385 g/mol. The molecular formula is C19H16ClN3O4. The average molecular weight is 386 g/mol. The summed E-state index contributed by atoms with van der Waals surface area (Å²) < 4.78 is 11.0. The van der Waals surface area contributed by atoms with E-state index in [1.165, 1.54) is 0 Å². The van der Waals surface area contributed by atoms with Gasteiger partial charge in [0.15, 0.2) is 11.5 Å². The fourth-order valence-electron chi connectivity index (χ4n) is 2.95. The van der Waals surface area contributed by atoms with E-state index in [1.54, 1.807) is 18.3 Å². The lowest BCUT2D eigenvalue weighted by Crippen LogP contribution is -2.42. The molecule has 138 valence electrons. The summed E-state index contributed by atoms with van der Waals surface area (Å²) >= 11 is 6.17. The van der Waals surface area contributed by atoms with Crippen LogP contribution in [0.25, 0.3) is 10.9 Å². The van der Waals surface area contributed by atoms with E-state index in [2.05, 4.69) is 15.8 Å². The summed E-state index contributed by atoms with van der Waals surface area (Å²) in [5.41, 5.74) is 6.80. The smallest absolute Gasteiger partial charge is 0.271 e. The third kappa shape index (κ3) is 3.54. The zero-order chi connectivity index (χ0) is 18.8. The van der Waals surface area contributed by atoms with E-state index in [0.717, 1.165) is 10.9 Å². The molecule has 7 nitrogen and oxygen atoms in total. The summed E-state index contributed by atoms with van der Waals surface area (Å²) in [6.45, 7) is 0.867. The highest BCUT2D eigenvalue weighted by atomic mass is 35.5. The first-order chi connectivity index (χ1) is 13.1. The number of rotatable bonds is 3. The number of para-hydroxylation sites is 1. The van der Waals surface area contributed by atoms with Gasteiger partial charge in [0.2, 0.25) is 5.91 Å². The van der Waals surface area contributed by atoms with Crippen molar-refractivity contribution in [2.75, 3.05) is 13.2 Å². The van der Waals surface area contributed by atoms with Crippen molar-refractivity contribution in [2.24, 2.45) is 0 Å². The molecule has 1 aliphatic rings. The summed E-state index contributed by atoms with van der Waals surface area (Å²) in [6, 6.07) is 10.8. The number of H-pyrrole nitrogens is 1. The number of carbonyl (C=O) groups excluding carboxylic acids is 2. The molecular weight excluding hydrogens is 370 g/mol. The van der Waals surface area contributed by atoms with Crippen molar-refractivity contribution in [3.63, 3.8) is 0 Å². The first kappa shape index (κ1) is 17.2. The van der Waals surface area contributed by atoms with Crippen molar-refractivity contribution in [2.45, 2.75) is 6.42 Å². The molecule has 0 atom stereocenters. The maximum atomic E-state index is 12.3. The average Bonchev–Trinajstić information content (AvgIpc) is 3.10. The van der Waals surface area contributed by atoms with Crippen molar-refractivity contribution in [1.29, 1.82) is 0 Å². The maximum Gasteiger partial charge on any atom is 0.271 e. The molecule has 3 aromatic rings. The number of aromatic amines is 1. The van der Waals surface area contributed by atoms with Gasteiger partial charge in [-0.1, -0.05) is 29.8 Å². The van der Waals surface area contributed by atoms with Gasteiger partial charge in [0.05, 0.1) is 17.0 Å². The molecule has 0 saturated carbocycles. The van der Waals surface area contributed by atoms with Crippen LogP contribution >= 0.6 is 11.6 Å². The second kappa shape index (κ2) is 7.20. The van der Waals surface area contributed by atoms with E-state index in [4.69, 9.17) is 21.1 Å². The minimum Gasteiger partial charge on any atom is -0.486 e. The number of carbonyl (C=O) groups is 2. The Balaban J connectivity index is 1.40. The normalized spacial score (nSPS) is 12.6. The first-order valence-electron chi connectivity index (χ1n) is 8.35. The molecule has 2 aromatic carbocycles. The summed E-state index contributed by atoms with van der Waals surface area (Å²) in [6.07, 6.45) is 1.64. The van der Waals surface area contributed by atoms with Gasteiger partial charge in [-0.15, -0.1) is 0 Å². The molecule has 0 spiro atoms. The van der Waals surface area contributed by atoms with Gasteiger partial charge >= 0.3 is 0 Å². The highest BCUT2D eigenvalue weighted by molar-refractivity contribution is 6.32.